The molecular weight excluding hydrogens is 240 g/mol. The van der Waals surface area contributed by atoms with Gasteiger partial charge in [0.25, 0.3) is 5.91 Å². The summed E-state index contributed by atoms with van der Waals surface area (Å²) in [5, 5.41) is 2.15. The predicted octanol–water partition coefficient (Wildman–Crippen LogP) is 2.32. The summed E-state index contributed by atoms with van der Waals surface area (Å²) >= 11 is 0. The quantitative estimate of drug-likeness (QED) is 0.888. The monoisotopic (exact) mass is 249 g/mol. The molecule has 0 spiro atoms. The first-order chi connectivity index (χ1) is 8.58. The number of nitrogens with zero attached hydrogens (tertiary/aromatic N) is 2. The van der Waals surface area contributed by atoms with Crippen molar-refractivity contribution in [1.82, 2.24) is 9.97 Å². The number of benzene rings is 1. The number of aromatic nitrogens is 2. The first-order valence-corrected chi connectivity index (χ1v) is 5.12. The Balaban J connectivity index is 2.24. The van der Waals surface area contributed by atoms with Crippen LogP contribution in [0.4, 0.5) is 14.5 Å². The lowest BCUT2D eigenvalue weighted by atomic mass is 10.2. The molecule has 0 bridgehead atoms. The van der Waals surface area contributed by atoms with Crippen LogP contribution in [0.25, 0.3) is 0 Å². The van der Waals surface area contributed by atoms with Crippen molar-refractivity contribution in [2.45, 2.75) is 6.92 Å². The van der Waals surface area contributed by atoms with Gasteiger partial charge in [0.2, 0.25) is 0 Å². The van der Waals surface area contributed by atoms with E-state index >= 15 is 0 Å². The highest BCUT2D eigenvalue weighted by atomic mass is 19.1. The molecule has 1 aromatic heterocycles. The molecule has 1 amide bonds. The second-order valence-electron chi connectivity index (χ2n) is 3.57. The molecule has 0 aliphatic rings. The highest BCUT2D eigenvalue weighted by Gasteiger charge is 2.13. The molecule has 0 atom stereocenters. The SMILES string of the molecule is Cc1ncc(C(=O)Nc2c(F)cccc2F)cn1. The lowest BCUT2D eigenvalue weighted by Gasteiger charge is -2.06. The molecule has 4 nitrogen and oxygen atoms in total. The minimum absolute atomic E-state index is 0.128. The van der Waals surface area contributed by atoms with Crippen molar-refractivity contribution >= 4 is 11.6 Å². The Morgan fingerprint density at radius 1 is 1.17 bits per heavy atom. The number of amides is 1. The summed E-state index contributed by atoms with van der Waals surface area (Å²) < 4.78 is 26.6. The fourth-order valence-electron chi connectivity index (χ4n) is 1.31. The maximum Gasteiger partial charge on any atom is 0.258 e. The van der Waals surface area contributed by atoms with Gasteiger partial charge in [0, 0.05) is 12.4 Å². The third kappa shape index (κ3) is 2.48. The van der Waals surface area contributed by atoms with Crippen LogP contribution in [0.15, 0.2) is 30.6 Å². The van der Waals surface area contributed by atoms with E-state index in [0.717, 1.165) is 12.1 Å². The van der Waals surface area contributed by atoms with E-state index in [2.05, 4.69) is 15.3 Å². The smallest absolute Gasteiger partial charge is 0.258 e. The van der Waals surface area contributed by atoms with Crippen molar-refractivity contribution in [2.24, 2.45) is 0 Å². The summed E-state index contributed by atoms with van der Waals surface area (Å²) in [4.78, 5) is 19.4. The molecule has 0 aliphatic carbocycles. The molecule has 6 heteroatoms. The topological polar surface area (TPSA) is 54.9 Å². The number of carbonyl (C=O) groups excluding carboxylic acids is 1. The number of anilines is 1. The second-order valence-corrected chi connectivity index (χ2v) is 3.57. The van der Waals surface area contributed by atoms with E-state index in [9.17, 15) is 13.6 Å². The fourth-order valence-corrected chi connectivity index (χ4v) is 1.31. The van der Waals surface area contributed by atoms with Gasteiger partial charge in [0.05, 0.1) is 5.56 Å². The summed E-state index contributed by atoms with van der Waals surface area (Å²) in [7, 11) is 0. The standard InChI is InChI=1S/C12H9F2N3O/c1-7-15-5-8(6-16-7)12(18)17-11-9(13)3-2-4-10(11)14/h2-6H,1H3,(H,17,18). The van der Waals surface area contributed by atoms with Crippen molar-refractivity contribution in [3.8, 4) is 0 Å². The van der Waals surface area contributed by atoms with Crippen molar-refractivity contribution in [1.29, 1.82) is 0 Å². The van der Waals surface area contributed by atoms with Gasteiger partial charge < -0.3 is 5.32 Å². The van der Waals surface area contributed by atoms with E-state index in [4.69, 9.17) is 0 Å². The number of carbonyl (C=O) groups is 1. The lowest BCUT2D eigenvalue weighted by molar-refractivity contribution is 0.102. The summed E-state index contributed by atoms with van der Waals surface area (Å²) in [6.45, 7) is 1.66. The van der Waals surface area contributed by atoms with Gasteiger partial charge in [-0.25, -0.2) is 18.7 Å². The zero-order chi connectivity index (χ0) is 13.1. The number of halogens is 2. The van der Waals surface area contributed by atoms with Crippen molar-refractivity contribution in [3.05, 3.63) is 53.6 Å². The van der Waals surface area contributed by atoms with Crippen LogP contribution in [0.3, 0.4) is 0 Å². The zero-order valence-electron chi connectivity index (χ0n) is 9.45. The van der Waals surface area contributed by atoms with Gasteiger partial charge >= 0.3 is 0 Å². The zero-order valence-corrected chi connectivity index (χ0v) is 9.45. The summed E-state index contributed by atoms with van der Waals surface area (Å²) in [5.74, 6) is -1.84. The van der Waals surface area contributed by atoms with Crippen LogP contribution in [0.5, 0.6) is 0 Å². The summed E-state index contributed by atoms with van der Waals surface area (Å²) in [5.41, 5.74) is -0.355. The molecule has 0 saturated heterocycles. The second kappa shape index (κ2) is 4.87. The first kappa shape index (κ1) is 12.1. The van der Waals surface area contributed by atoms with Gasteiger partial charge in [0.15, 0.2) is 0 Å². The summed E-state index contributed by atoms with van der Waals surface area (Å²) in [6.07, 6.45) is 2.58. The van der Waals surface area contributed by atoms with E-state index < -0.39 is 23.2 Å². The lowest BCUT2D eigenvalue weighted by Crippen LogP contribution is -2.15. The molecule has 0 fully saturated rings. The minimum Gasteiger partial charge on any atom is -0.317 e. The molecule has 0 unspecified atom stereocenters. The Morgan fingerprint density at radius 3 is 2.28 bits per heavy atom. The van der Waals surface area contributed by atoms with E-state index in [-0.39, 0.29) is 5.56 Å². The molecule has 0 saturated carbocycles. The third-order valence-electron chi connectivity index (χ3n) is 2.24. The van der Waals surface area contributed by atoms with Gasteiger partial charge in [0.1, 0.15) is 23.1 Å². The highest BCUT2D eigenvalue weighted by molar-refractivity contribution is 6.03. The Morgan fingerprint density at radius 2 is 1.72 bits per heavy atom. The number of hydrogen-bond acceptors (Lipinski definition) is 3. The normalized spacial score (nSPS) is 10.2. The first-order valence-electron chi connectivity index (χ1n) is 5.12. The van der Waals surface area contributed by atoms with Crippen molar-refractivity contribution in [3.63, 3.8) is 0 Å². The fraction of sp³-hybridized carbons (Fsp3) is 0.0833. The maximum absolute atomic E-state index is 13.3. The highest BCUT2D eigenvalue weighted by Crippen LogP contribution is 2.18. The average molecular weight is 249 g/mol. The van der Waals surface area contributed by atoms with Crippen LogP contribution in [-0.4, -0.2) is 15.9 Å². The molecule has 0 aliphatic heterocycles. The van der Waals surface area contributed by atoms with Crippen LogP contribution in [-0.2, 0) is 0 Å². The van der Waals surface area contributed by atoms with Crippen molar-refractivity contribution in [2.75, 3.05) is 5.32 Å². The van der Waals surface area contributed by atoms with Gasteiger partial charge in [-0.15, -0.1) is 0 Å². The number of hydrogen-bond donors (Lipinski definition) is 1. The number of para-hydroxylation sites is 1. The van der Waals surface area contributed by atoms with Crippen LogP contribution in [0, 0.1) is 18.6 Å². The Kier molecular flexibility index (Phi) is 3.27. The van der Waals surface area contributed by atoms with Crippen molar-refractivity contribution < 1.29 is 13.6 Å². The molecule has 2 aromatic rings. The molecule has 1 heterocycles. The Labute approximate surface area is 102 Å². The largest absolute Gasteiger partial charge is 0.317 e. The van der Waals surface area contributed by atoms with E-state index in [1.807, 2.05) is 0 Å². The number of rotatable bonds is 2. The number of aryl methyl sites for hydroxylation is 1. The van der Waals surface area contributed by atoms with Crippen LogP contribution in [0.1, 0.15) is 16.2 Å². The Hall–Kier alpha value is -2.37. The predicted molar refractivity (Wildman–Crippen MR) is 61.1 cm³/mol. The molecule has 1 aromatic carbocycles. The molecule has 92 valence electrons. The third-order valence-corrected chi connectivity index (χ3v) is 2.24. The summed E-state index contributed by atoms with van der Waals surface area (Å²) in [6, 6.07) is 3.34. The van der Waals surface area contributed by atoms with E-state index in [1.54, 1.807) is 6.92 Å². The molecule has 0 radical (unpaired) electrons. The van der Waals surface area contributed by atoms with Crippen LogP contribution < -0.4 is 5.32 Å². The van der Waals surface area contributed by atoms with Gasteiger partial charge in [-0.1, -0.05) is 6.07 Å². The molecule has 18 heavy (non-hydrogen) atoms. The van der Waals surface area contributed by atoms with E-state index in [0.29, 0.717) is 5.82 Å². The van der Waals surface area contributed by atoms with E-state index in [1.165, 1.54) is 18.5 Å². The van der Waals surface area contributed by atoms with Gasteiger partial charge in [-0.05, 0) is 19.1 Å². The number of nitrogens with one attached hydrogen (secondary N) is 1. The molecule has 2 rings (SSSR count). The average Bonchev–Trinajstić information content (AvgIpc) is 2.34. The molecule has 1 N–H and O–H groups in total. The van der Waals surface area contributed by atoms with Gasteiger partial charge in [-0.3, -0.25) is 4.79 Å². The molecular formula is C12H9F2N3O. The minimum atomic E-state index is -0.837. The van der Waals surface area contributed by atoms with Crippen LogP contribution in [0.2, 0.25) is 0 Å². The Bertz CT molecular complexity index is 564. The van der Waals surface area contributed by atoms with Gasteiger partial charge in [-0.2, -0.15) is 0 Å². The maximum atomic E-state index is 13.3. The van der Waals surface area contributed by atoms with Crippen LogP contribution >= 0.6 is 0 Å².